The van der Waals surface area contributed by atoms with E-state index in [0.717, 1.165) is 12.2 Å². The van der Waals surface area contributed by atoms with Crippen LogP contribution in [0.4, 0.5) is 0 Å². The van der Waals surface area contributed by atoms with Crippen LogP contribution in [-0.2, 0) is 6.42 Å². The first-order valence-electron chi connectivity index (χ1n) is 5.66. The van der Waals surface area contributed by atoms with Crippen molar-refractivity contribution < 1.29 is 4.74 Å². The standard InChI is InChI=1S/C14H19NO/c1-14(2,15-3)12-9-8-11-10(12)6-5-7-13(11)16-4/h5-7,9,15H,8H2,1-4H3. The maximum atomic E-state index is 5.40. The quantitative estimate of drug-likeness (QED) is 0.840. The van der Waals surface area contributed by atoms with E-state index in [2.05, 4.69) is 37.4 Å². The van der Waals surface area contributed by atoms with Gasteiger partial charge in [-0.05, 0) is 44.5 Å². The fourth-order valence-corrected chi connectivity index (χ4v) is 2.26. The Morgan fingerprint density at radius 1 is 1.31 bits per heavy atom. The summed E-state index contributed by atoms with van der Waals surface area (Å²) in [5, 5.41) is 3.35. The molecular weight excluding hydrogens is 198 g/mol. The summed E-state index contributed by atoms with van der Waals surface area (Å²) in [6.45, 7) is 4.40. The zero-order chi connectivity index (χ0) is 11.8. The molecule has 1 aromatic rings. The number of allylic oxidation sites excluding steroid dienone is 1. The topological polar surface area (TPSA) is 21.3 Å². The molecule has 0 amide bonds. The van der Waals surface area contributed by atoms with E-state index in [0.29, 0.717) is 0 Å². The SMILES string of the molecule is CNC(C)(C)C1=CCc2c(OC)cccc21. The molecule has 2 nitrogen and oxygen atoms in total. The Morgan fingerprint density at radius 2 is 2.06 bits per heavy atom. The van der Waals surface area contributed by atoms with Crippen LogP contribution < -0.4 is 10.1 Å². The second-order valence-corrected chi connectivity index (χ2v) is 4.68. The number of hydrogen-bond donors (Lipinski definition) is 1. The molecule has 0 saturated heterocycles. The van der Waals surface area contributed by atoms with E-state index < -0.39 is 0 Å². The number of methoxy groups -OCH3 is 1. The molecule has 0 atom stereocenters. The summed E-state index contributed by atoms with van der Waals surface area (Å²) in [7, 11) is 3.73. The second kappa shape index (κ2) is 3.95. The molecule has 0 saturated carbocycles. The van der Waals surface area contributed by atoms with Gasteiger partial charge in [0.2, 0.25) is 0 Å². The first-order chi connectivity index (χ1) is 7.60. The highest BCUT2D eigenvalue weighted by molar-refractivity contribution is 5.80. The maximum Gasteiger partial charge on any atom is 0.122 e. The normalized spacial score (nSPS) is 14.6. The highest BCUT2D eigenvalue weighted by Crippen LogP contribution is 2.38. The fraction of sp³-hybridized carbons (Fsp3) is 0.429. The van der Waals surface area contributed by atoms with Crippen molar-refractivity contribution in [3.63, 3.8) is 0 Å². The third kappa shape index (κ3) is 1.63. The molecule has 0 unspecified atom stereocenters. The summed E-state index contributed by atoms with van der Waals surface area (Å²) in [5.41, 5.74) is 4.00. The van der Waals surface area contributed by atoms with Crippen molar-refractivity contribution in [3.05, 3.63) is 35.4 Å². The van der Waals surface area contributed by atoms with Gasteiger partial charge in [-0.2, -0.15) is 0 Å². The molecule has 1 aliphatic rings. The van der Waals surface area contributed by atoms with Crippen LogP contribution >= 0.6 is 0 Å². The molecule has 16 heavy (non-hydrogen) atoms. The Morgan fingerprint density at radius 3 is 2.69 bits per heavy atom. The highest BCUT2D eigenvalue weighted by Gasteiger charge is 2.28. The summed E-state index contributed by atoms with van der Waals surface area (Å²) in [6.07, 6.45) is 3.27. The molecule has 2 heteroatoms. The molecule has 0 radical (unpaired) electrons. The highest BCUT2D eigenvalue weighted by atomic mass is 16.5. The van der Waals surface area contributed by atoms with Gasteiger partial charge < -0.3 is 10.1 Å². The van der Waals surface area contributed by atoms with Crippen LogP contribution in [0.15, 0.2) is 24.3 Å². The Labute approximate surface area is 97.3 Å². The Bertz CT molecular complexity index is 432. The average Bonchev–Trinajstić information content (AvgIpc) is 2.73. The number of ether oxygens (including phenoxy) is 1. The summed E-state index contributed by atoms with van der Waals surface area (Å²) in [4.78, 5) is 0. The minimum absolute atomic E-state index is 0.0115. The van der Waals surface area contributed by atoms with Crippen LogP contribution in [0.25, 0.3) is 5.57 Å². The van der Waals surface area contributed by atoms with Crippen molar-refractivity contribution in [1.29, 1.82) is 0 Å². The molecule has 1 N–H and O–H groups in total. The minimum Gasteiger partial charge on any atom is -0.496 e. The van der Waals surface area contributed by atoms with Gasteiger partial charge in [0, 0.05) is 11.1 Å². The Hall–Kier alpha value is -1.28. The second-order valence-electron chi connectivity index (χ2n) is 4.68. The van der Waals surface area contributed by atoms with Crippen LogP contribution in [0.3, 0.4) is 0 Å². The summed E-state index contributed by atoms with van der Waals surface area (Å²) in [5.74, 6) is 0.996. The number of hydrogen-bond acceptors (Lipinski definition) is 2. The van der Waals surface area contributed by atoms with E-state index in [9.17, 15) is 0 Å². The molecule has 0 aliphatic heterocycles. The predicted molar refractivity (Wildman–Crippen MR) is 67.8 cm³/mol. The lowest BCUT2D eigenvalue weighted by Gasteiger charge is -2.27. The smallest absolute Gasteiger partial charge is 0.122 e. The van der Waals surface area contributed by atoms with Crippen LogP contribution in [0.5, 0.6) is 5.75 Å². The average molecular weight is 217 g/mol. The van der Waals surface area contributed by atoms with Gasteiger partial charge in [-0.25, -0.2) is 0 Å². The van der Waals surface area contributed by atoms with Gasteiger partial charge in [0.25, 0.3) is 0 Å². The zero-order valence-electron chi connectivity index (χ0n) is 10.4. The molecule has 0 spiro atoms. The summed E-state index contributed by atoms with van der Waals surface area (Å²) < 4.78 is 5.40. The van der Waals surface area contributed by atoms with Crippen LogP contribution in [0, 0.1) is 0 Å². The zero-order valence-corrected chi connectivity index (χ0v) is 10.4. The van der Waals surface area contributed by atoms with Crippen LogP contribution in [0.1, 0.15) is 25.0 Å². The molecule has 1 aliphatic carbocycles. The van der Waals surface area contributed by atoms with E-state index in [1.807, 2.05) is 13.1 Å². The van der Waals surface area contributed by atoms with E-state index in [1.54, 1.807) is 7.11 Å². The van der Waals surface area contributed by atoms with Crippen LogP contribution in [-0.4, -0.2) is 19.7 Å². The van der Waals surface area contributed by atoms with Crippen molar-refractivity contribution >= 4 is 5.57 Å². The third-order valence-electron chi connectivity index (χ3n) is 3.45. The lowest BCUT2D eigenvalue weighted by Crippen LogP contribution is -2.37. The molecule has 86 valence electrons. The molecular formula is C14H19NO. The maximum absolute atomic E-state index is 5.40. The van der Waals surface area contributed by atoms with Gasteiger partial charge in [0.05, 0.1) is 7.11 Å². The number of nitrogens with one attached hydrogen (secondary N) is 1. The van der Waals surface area contributed by atoms with Gasteiger partial charge in [0.1, 0.15) is 5.75 Å². The van der Waals surface area contributed by atoms with Crippen molar-refractivity contribution in [3.8, 4) is 5.75 Å². The number of fused-ring (bicyclic) bond motifs is 1. The summed E-state index contributed by atoms with van der Waals surface area (Å²) in [6, 6.07) is 6.26. The molecule has 0 heterocycles. The minimum atomic E-state index is 0.0115. The fourth-order valence-electron chi connectivity index (χ4n) is 2.26. The predicted octanol–water partition coefficient (Wildman–Crippen LogP) is 2.63. The van der Waals surface area contributed by atoms with Crippen molar-refractivity contribution in [2.75, 3.05) is 14.2 Å². The van der Waals surface area contributed by atoms with Gasteiger partial charge in [-0.1, -0.05) is 18.2 Å². The van der Waals surface area contributed by atoms with Crippen LogP contribution in [0.2, 0.25) is 0 Å². The van der Waals surface area contributed by atoms with Gasteiger partial charge in [-0.15, -0.1) is 0 Å². The molecule has 1 aromatic carbocycles. The lowest BCUT2D eigenvalue weighted by molar-refractivity contribution is 0.411. The van der Waals surface area contributed by atoms with E-state index >= 15 is 0 Å². The third-order valence-corrected chi connectivity index (χ3v) is 3.45. The van der Waals surface area contributed by atoms with Crippen molar-refractivity contribution in [2.24, 2.45) is 0 Å². The molecule has 0 bridgehead atoms. The molecule has 0 fully saturated rings. The monoisotopic (exact) mass is 217 g/mol. The van der Waals surface area contributed by atoms with Gasteiger partial charge in [0.15, 0.2) is 0 Å². The molecule has 0 aromatic heterocycles. The Balaban J connectivity index is 2.46. The van der Waals surface area contributed by atoms with Crippen molar-refractivity contribution in [1.82, 2.24) is 5.32 Å². The largest absolute Gasteiger partial charge is 0.496 e. The van der Waals surface area contributed by atoms with E-state index in [-0.39, 0.29) is 5.54 Å². The van der Waals surface area contributed by atoms with E-state index in [1.165, 1.54) is 16.7 Å². The van der Waals surface area contributed by atoms with E-state index in [4.69, 9.17) is 4.74 Å². The number of rotatable bonds is 3. The van der Waals surface area contributed by atoms with Crippen molar-refractivity contribution in [2.45, 2.75) is 25.8 Å². The first-order valence-corrected chi connectivity index (χ1v) is 5.66. The Kier molecular flexibility index (Phi) is 2.76. The lowest BCUT2D eigenvalue weighted by atomic mass is 9.89. The van der Waals surface area contributed by atoms with Gasteiger partial charge >= 0.3 is 0 Å². The number of likely N-dealkylation sites (N-methyl/N-ethyl adjacent to an activating group) is 1. The summed E-state index contributed by atoms with van der Waals surface area (Å²) >= 11 is 0. The van der Waals surface area contributed by atoms with Gasteiger partial charge in [-0.3, -0.25) is 0 Å². The molecule has 2 rings (SSSR count). The first kappa shape index (κ1) is 11.2. The number of benzene rings is 1.